The molecule has 2 aliphatic carbocycles. The van der Waals surface area contributed by atoms with E-state index in [1.807, 2.05) is 6.07 Å². The lowest BCUT2D eigenvalue weighted by Crippen LogP contribution is -2.53. The molecule has 0 spiro atoms. The topological polar surface area (TPSA) is 54.5 Å². The highest BCUT2D eigenvalue weighted by atomic mass is 16.5. The molecule has 2 saturated carbocycles. The molecule has 1 amide bonds. The predicted molar refractivity (Wildman–Crippen MR) is 96.7 cm³/mol. The van der Waals surface area contributed by atoms with Crippen LogP contribution in [0.25, 0.3) is 0 Å². The van der Waals surface area contributed by atoms with Crippen molar-refractivity contribution in [1.82, 2.24) is 15.2 Å². The third kappa shape index (κ3) is 3.66. The molecule has 3 fully saturated rings. The molecule has 1 aromatic heterocycles. The lowest BCUT2D eigenvalue weighted by molar-refractivity contribution is -0.139. The smallest absolute Gasteiger partial charge is 0.229 e. The van der Waals surface area contributed by atoms with Crippen molar-refractivity contribution in [2.24, 2.45) is 5.41 Å². The van der Waals surface area contributed by atoms with Crippen molar-refractivity contribution in [3.8, 4) is 5.88 Å². The highest BCUT2D eigenvalue weighted by molar-refractivity contribution is 5.84. The quantitative estimate of drug-likeness (QED) is 0.863. The summed E-state index contributed by atoms with van der Waals surface area (Å²) in [5, 5.41) is 3.30. The predicted octanol–water partition coefficient (Wildman–Crippen LogP) is 2.72. The number of pyridine rings is 1. The van der Waals surface area contributed by atoms with Gasteiger partial charge >= 0.3 is 0 Å². The first-order valence-corrected chi connectivity index (χ1v) is 9.73. The third-order valence-electron chi connectivity index (χ3n) is 6.15. The Kier molecular flexibility index (Phi) is 4.67. The van der Waals surface area contributed by atoms with Gasteiger partial charge in [0.15, 0.2) is 0 Å². The molecule has 1 aromatic rings. The number of nitrogens with zero attached hydrogens (tertiary/aromatic N) is 2. The van der Waals surface area contributed by atoms with Crippen molar-refractivity contribution < 1.29 is 9.53 Å². The number of aromatic nitrogens is 1. The van der Waals surface area contributed by atoms with E-state index in [-0.39, 0.29) is 11.3 Å². The van der Waals surface area contributed by atoms with E-state index >= 15 is 0 Å². The van der Waals surface area contributed by atoms with Crippen molar-refractivity contribution in [3.63, 3.8) is 0 Å². The molecule has 5 nitrogen and oxygen atoms in total. The molecule has 136 valence electrons. The summed E-state index contributed by atoms with van der Waals surface area (Å²) in [6.45, 7) is 2.59. The van der Waals surface area contributed by atoms with Crippen LogP contribution in [0.3, 0.4) is 0 Å². The number of nitrogens with one attached hydrogen (secondary N) is 1. The summed E-state index contributed by atoms with van der Waals surface area (Å²) in [7, 11) is 2.14. The van der Waals surface area contributed by atoms with Crippen molar-refractivity contribution in [2.75, 3.05) is 26.7 Å². The summed E-state index contributed by atoms with van der Waals surface area (Å²) in [6, 6.07) is 4.41. The highest BCUT2D eigenvalue weighted by Crippen LogP contribution is 2.45. The van der Waals surface area contributed by atoms with Crippen LogP contribution >= 0.6 is 0 Å². The zero-order valence-corrected chi connectivity index (χ0v) is 15.2. The van der Waals surface area contributed by atoms with E-state index in [1.165, 1.54) is 18.4 Å². The van der Waals surface area contributed by atoms with Crippen LogP contribution in [0.2, 0.25) is 0 Å². The van der Waals surface area contributed by atoms with Crippen LogP contribution in [0.5, 0.6) is 5.88 Å². The number of ether oxygens (including phenoxy) is 1. The Bertz CT molecular complexity index is 617. The number of hydrogen-bond donors (Lipinski definition) is 1. The molecule has 1 N–H and O–H groups in total. The number of piperidine rings is 1. The fourth-order valence-corrected chi connectivity index (χ4v) is 3.97. The number of hydrogen-bond acceptors (Lipinski definition) is 4. The minimum Gasteiger partial charge on any atom is -0.476 e. The highest BCUT2D eigenvalue weighted by Gasteiger charge is 2.46. The molecule has 0 bridgehead atoms. The molecule has 2 heterocycles. The first kappa shape index (κ1) is 16.8. The molecular formula is C20H29N3O2. The van der Waals surface area contributed by atoms with Crippen LogP contribution in [0.1, 0.15) is 56.4 Å². The van der Waals surface area contributed by atoms with Gasteiger partial charge in [-0.3, -0.25) is 4.79 Å². The van der Waals surface area contributed by atoms with Gasteiger partial charge in [-0.25, -0.2) is 4.98 Å². The Morgan fingerprint density at radius 1 is 1.32 bits per heavy atom. The third-order valence-corrected chi connectivity index (χ3v) is 6.15. The van der Waals surface area contributed by atoms with Crippen molar-refractivity contribution >= 4 is 5.91 Å². The summed E-state index contributed by atoms with van der Waals surface area (Å²) in [6.07, 6.45) is 9.30. The molecule has 1 saturated heterocycles. The maximum Gasteiger partial charge on any atom is 0.229 e. The molecule has 1 aliphatic heterocycles. The lowest BCUT2D eigenvalue weighted by Gasteiger charge is -2.41. The molecule has 3 aliphatic rings. The Labute approximate surface area is 150 Å². The Balaban J connectivity index is 1.37. The van der Waals surface area contributed by atoms with Gasteiger partial charge in [0, 0.05) is 17.8 Å². The molecule has 0 aromatic carbocycles. The number of carbonyl (C=O) groups excluding carboxylic acids is 1. The summed E-state index contributed by atoms with van der Waals surface area (Å²) in [5.41, 5.74) is 0.870. The summed E-state index contributed by atoms with van der Waals surface area (Å²) in [4.78, 5) is 19.7. The van der Waals surface area contributed by atoms with Gasteiger partial charge in [-0.15, -0.1) is 0 Å². The van der Waals surface area contributed by atoms with Gasteiger partial charge in [0.2, 0.25) is 11.8 Å². The van der Waals surface area contributed by atoms with Crippen LogP contribution < -0.4 is 10.1 Å². The maximum atomic E-state index is 12.9. The average Bonchev–Trinajstić information content (AvgIpc) is 3.41. The molecule has 25 heavy (non-hydrogen) atoms. The zero-order valence-electron chi connectivity index (χ0n) is 15.2. The minimum atomic E-state index is -0.346. The monoisotopic (exact) mass is 343 g/mol. The molecule has 5 heteroatoms. The van der Waals surface area contributed by atoms with E-state index in [2.05, 4.69) is 28.3 Å². The SMILES string of the molecule is CN1CCC(NC(=O)C2(COc3ncccc3C3CC3)CCC2)CC1. The Morgan fingerprint density at radius 3 is 2.72 bits per heavy atom. The number of likely N-dealkylation sites (tertiary alicyclic amines) is 1. The van der Waals surface area contributed by atoms with Gasteiger partial charge in [0.25, 0.3) is 0 Å². The van der Waals surface area contributed by atoms with E-state index in [0.717, 1.165) is 51.1 Å². The average molecular weight is 343 g/mol. The van der Waals surface area contributed by atoms with E-state index in [1.54, 1.807) is 6.20 Å². The van der Waals surface area contributed by atoms with Crippen molar-refractivity contribution in [3.05, 3.63) is 23.9 Å². The van der Waals surface area contributed by atoms with Crippen molar-refractivity contribution in [2.45, 2.75) is 56.9 Å². The number of amides is 1. The molecule has 0 unspecified atom stereocenters. The van der Waals surface area contributed by atoms with Gasteiger partial charge in [-0.05, 0) is 70.6 Å². The maximum absolute atomic E-state index is 12.9. The first-order valence-electron chi connectivity index (χ1n) is 9.73. The second-order valence-corrected chi connectivity index (χ2v) is 8.15. The Morgan fingerprint density at radius 2 is 2.08 bits per heavy atom. The van der Waals surface area contributed by atoms with Gasteiger partial charge in [0.05, 0.1) is 5.41 Å². The second kappa shape index (κ2) is 6.94. The van der Waals surface area contributed by atoms with Crippen molar-refractivity contribution in [1.29, 1.82) is 0 Å². The minimum absolute atomic E-state index is 0.192. The van der Waals surface area contributed by atoms with Crippen LogP contribution in [0, 0.1) is 5.41 Å². The Hall–Kier alpha value is -1.62. The summed E-state index contributed by atoms with van der Waals surface area (Å²) < 4.78 is 6.09. The first-order chi connectivity index (χ1) is 12.2. The summed E-state index contributed by atoms with van der Waals surface area (Å²) in [5.74, 6) is 1.54. The zero-order chi connectivity index (χ0) is 17.3. The van der Waals surface area contributed by atoms with Gasteiger partial charge < -0.3 is 15.0 Å². The largest absolute Gasteiger partial charge is 0.476 e. The summed E-state index contributed by atoms with van der Waals surface area (Å²) >= 11 is 0. The second-order valence-electron chi connectivity index (χ2n) is 8.15. The van der Waals surface area contributed by atoms with Crippen LogP contribution in [-0.2, 0) is 4.79 Å². The standard InChI is InChI=1S/C20H29N3O2/c1-23-12-7-16(8-13-23)22-19(24)20(9-3-10-20)14-25-18-17(15-5-6-15)4-2-11-21-18/h2,4,11,15-16H,3,5-10,12-14H2,1H3,(H,22,24). The fourth-order valence-electron chi connectivity index (χ4n) is 3.97. The number of carbonyl (C=O) groups is 1. The fraction of sp³-hybridized carbons (Fsp3) is 0.700. The van der Waals surface area contributed by atoms with E-state index in [4.69, 9.17) is 4.74 Å². The van der Waals surface area contributed by atoms with Crippen LogP contribution in [0.15, 0.2) is 18.3 Å². The van der Waals surface area contributed by atoms with Crippen LogP contribution in [-0.4, -0.2) is 48.6 Å². The van der Waals surface area contributed by atoms with E-state index in [9.17, 15) is 4.79 Å². The van der Waals surface area contributed by atoms with Gasteiger partial charge in [0.1, 0.15) is 6.61 Å². The van der Waals surface area contributed by atoms with Gasteiger partial charge in [-0.2, -0.15) is 0 Å². The molecule has 4 rings (SSSR count). The molecular weight excluding hydrogens is 314 g/mol. The molecule has 0 atom stereocenters. The normalized spacial score (nSPS) is 23.7. The lowest BCUT2D eigenvalue weighted by atomic mass is 9.68. The van der Waals surface area contributed by atoms with E-state index in [0.29, 0.717) is 18.6 Å². The van der Waals surface area contributed by atoms with Gasteiger partial charge in [-0.1, -0.05) is 12.5 Å². The molecule has 0 radical (unpaired) electrons. The number of rotatable bonds is 6. The van der Waals surface area contributed by atoms with E-state index < -0.39 is 0 Å². The van der Waals surface area contributed by atoms with Crippen LogP contribution in [0.4, 0.5) is 0 Å².